The SMILES string of the molecule is CC(C)(C)CC(=O)N1CCCC1c1nc(-c2ccc(F)cc2)no1. The molecule has 0 radical (unpaired) electrons. The third kappa shape index (κ3) is 3.63. The van der Waals surface area contributed by atoms with Crippen LogP contribution >= 0.6 is 0 Å². The second-order valence-electron chi connectivity index (χ2n) is 7.45. The average Bonchev–Trinajstić information content (AvgIpc) is 3.15. The lowest BCUT2D eigenvalue weighted by Gasteiger charge is -2.26. The van der Waals surface area contributed by atoms with Gasteiger partial charge in [-0.05, 0) is 42.5 Å². The third-order valence-corrected chi connectivity index (χ3v) is 4.08. The molecule has 0 saturated carbocycles. The van der Waals surface area contributed by atoms with Crippen molar-refractivity contribution in [2.24, 2.45) is 5.41 Å². The molecule has 0 spiro atoms. The maximum Gasteiger partial charge on any atom is 0.249 e. The largest absolute Gasteiger partial charge is 0.337 e. The van der Waals surface area contributed by atoms with Crippen LogP contribution in [-0.4, -0.2) is 27.5 Å². The Morgan fingerprint density at radius 1 is 1.33 bits per heavy atom. The molecule has 2 aromatic rings. The molecule has 1 atom stereocenters. The summed E-state index contributed by atoms with van der Waals surface area (Å²) in [4.78, 5) is 18.8. The van der Waals surface area contributed by atoms with Crippen molar-refractivity contribution >= 4 is 5.91 Å². The van der Waals surface area contributed by atoms with E-state index in [2.05, 4.69) is 30.9 Å². The molecule has 1 aromatic heterocycles. The standard InChI is InChI=1S/C18H22FN3O2/c1-18(2,3)11-15(23)22-10-4-5-14(22)17-20-16(21-24-17)12-6-8-13(19)9-7-12/h6-9,14H,4-5,10-11H2,1-3H3. The molecule has 3 rings (SSSR count). The van der Waals surface area contributed by atoms with E-state index < -0.39 is 0 Å². The first-order valence-electron chi connectivity index (χ1n) is 8.22. The van der Waals surface area contributed by atoms with Crippen molar-refractivity contribution in [2.75, 3.05) is 6.54 Å². The van der Waals surface area contributed by atoms with Gasteiger partial charge in [-0.3, -0.25) is 4.79 Å². The number of benzene rings is 1. The van der Waals surface area contributed by atoms with Crippen molar-refractivity contribution in [1.82, 2.24) is 15.0 Å². The predicted molar refractivity (Wildman–Crippen MR) is 87.5 cm³/mol. The highest BCUT2D eigenvalue weighted by atomic mass is 19.1. The van der Waals surface area contributed by atoms with Crippen LogP contribution in [0.25, 0.3) is 11.4 Å². The topological polar surface area (TPSA) is 59.2 Å². The Balaban J connectivity index is 1.78. The van der Waals surface area contributed by atoms with Crippen LogP contribution in [-0.2, 0) is 4.79 Å². The molecule has 1 aromatic carbocycles. The number of hydrogen-bond donors (Lipinski definition) is 0. The fourth-order valence-corrected chi connectivity index (χ4v) is 2.96. The van der Waals surface area contributed by atoms with E-state index in [4.69, 9.17) is 4.52 Å². The highest BCUT2D eigenvalue weighted by molar-refractivity contribution is 5.77. The zero-order valence-electron chi connectivity index (χ0n) is 14.3. The molecular formula is C18H22FN3O2. The molecular weight excluding hydrogens is 309 g/mol. The summed E-state index contributed by atoms with van der Waals surface area (Å²) in [6.07, 6.45) is 2.23. The predicted octanol–water partition coefficient (Wildman–Crippen LogP) is 3.98. The maximum absolute atomic E-state index is 13.0. The number of carbonyl (C=O) groups is 1. The Kier molecular flexibility index (Phi) is 4.39. The first-order chi connectivity index (χ1) is 11.3. The van der Waals surface area contributed by atoms with E-state index in [0.717, 1.165) is 12.8 Å². The molecule has 6 heteroatoms. The van der Waals surface area contributed by atoms with E-state index >= 15 is 0 Å². The van der Waals surface area contributed by atoms with Gasteiger partial charge in [0.05, 0.1) is 0 Å². The molecule has 5 nitrogen and oxygen atoms in total. The summed E-state index contributed by atoms with van der Waals surface area (Å²) in [7, 11) is 0. The molecule has 1 fully saturated rings. The Morgan fingerprint density at radius 2 is 2.04 bits per heavy atom. The minimum atomic E-state index is -0.308. The maximum atomic E-state index is 13.0. The Hall–Kier alpha value is -2.24. The molecule has 1 aliphatic heterocycles. The van der Waals surface area contributed by atoms with Crippen LogP contribution in [0.5, 0.6) is 0 Å². The van der Waals surface area contributed by atoms with Crippen LogP contribution in [0.4, 0.5) is 4.39 Å². The van der Waals surface area contributed by atoms with Crippen molar-refractivity contribution in [2.45, 2.75) is 46.1 Å². The summed E-state index contributed by atoms with van der Waals surface area (Å²) in [6.45, 7) is 6.87. The highest BCUT2D eigenvalue weighted by Gasteiger charge is 2.35. The average molecular weight is 331 g/mol. The molecule has 0 bridgehead atoms. The van der Waals surface area contributed by atoms with Crippen LogP contribution in [0.1, 0.15) is 52.0 Å². The van der Waals surface area contributed by atoms with Crippen molar-refractivity contribution < 1.29 is 13.7 Å². The lowest BCUT2D eigenvalue weighted by atomic mass is 9.91. The van der Waals surface area contributed by atoms with E-state index in [-0.39, 0.29) is 23.2 Å². The van der Waals surface area contributed by atoms with Crippen molar-refractivity contribution in [1.29, 1.82) is 0 Å². The minimum Gasteiger partial charge on any atom is -0.337 e. The minimum absolute atomic E-state index is 0.0572. The molecule has 1 unspecified atom stereocenters. The van der Waals surface area contributed by atoms with Gasteiger partial charge in [0.25, 0.3) is 0 Å². The Labute approximate surface area is 140 Å². The second kappa shape index (κ2) is 6.34. The lowest BCUT2D eigenvalue weighted by molar-refractivity contribution is -0.134. The zero-order valence-corrected chi connectivity index (χ0v) is 14.3. The van der Waals surface area contributed by atoms with Gasteiger partial charge in [-0.25, -0.2) is 4.39 Å². The number of aromatic nitrogens is 2. The van der Waals surface area contributed by atoms with Gasteiger partial charge in [0.1, 0.15) is 11.9 Å². The van der Waals surface area contributed by atoms with Crippen LogP contribution in [0.15, 0.2) is 28.8 Å². The number of carbonyl (C=O) groups excluding carboxylic acids is 1. The molecule has 1 saturated heterocycles. The van der Waals surface area contributed by atoms with E-state index in [0.29, 0.717) is 30.2 Å². The summed E-state index contributed by atoms with van der Waals surface area (Å²) >= 11 is 0. The van der Waals surface area contributed by atoms with E-state index in [1.165, 1.54) is 12.1 Å². The smallest absolute Gasteiger partial charge is 0.249 e. The number of rotatable bonds is 3. The number of amides is 1. The van der Waals surface area contributed by atoms with Gasteiger partial charge in [0.15, 0.2) is 0 Å². The highest BCUT2D eigenvalue weighted by Crippen LogP contribution is 2.34. The van der Waals surface area contributed by atoms with Gasteiger partial charge >= 0.3 is 0 Å². The fourth-order valence-electron chi connectivity index (χ4n) is 2.96. The zero-order chi connectivity index (χ0) is 17.3. The molecule has 0 aliphatic carbocycles. The molecule has 24 heavy (non-hydrogen) atoms. The number of likely N-dealkylation sites (tertiary alicyclic amines) is 1. The normalized spacial score (nSPS) is 18.2. The summed E-state index contributed by atoms with van der Waals surface area (Å²) in [5, 5.41) is 3.98. The molecule has 1 aliphatic rings. The third-order valence-electron chi connectivity index (χ3n) is 4.08. The van der Waals surface area contributed by atoms with Gasteiger partial charge < -0.3 is 9.42 Å². The van der Waals surface area contributed by atoms with E-state index in [1.54, 1.807) is 12.1 Å². The van der Waals surface area contributed by atoms with Gasteiger partial charge in [0.2, 0.25) is 17.6 Å². The van der Waals surface area contributed by atoms with Crippen LogP contribution in [0, 0.1) is 11.2 Å². The van der Waals surface area contributed by atoms with Crippen molar-refractivity contribution in [3.63, 3.8) is 0 Å². The van der Waals surface area contributed by atoms with Crippen molar-refractivity contribution in [3.8, 4) is 11.4 Å². The summed E-state index contributed by atoms with van der Waals surface area (Å²) < 4.78 is 18.4. The number of hydrogen-bond acceptors (Lipinski definition) is 4. The molecule has 128 valence electrons. The Bertz CT molecular complexity index is 719. The fraction of sp³-hybridized carbons (Fsp3) is 0.500. The van der Waals surface area contributed by atoms with Crippen LogP contribution < -0.4 is 0 Å². The number of nitrogens with zero attached hydrogens (tertiary/aromatic N) is 3. The molecule has 2 heterocycles. The van der Waals surface area contributed by atoms with Gasteiger partial charge in [-0.2, -0.15) is 4.98 Å². The number of halogens is 1. The second-order valence-corrected chi connectivity index (χ2v) is 7.45. The summed E-state index contributed by atoms with van der Waals surface area (Å²) in [5.41, 5.74) is 0.634. The van der Waals surface area contributed by atoms with Crippen LogP contribution in [0.3, 0.4) is 0 Å². The molecule has 1 amide bonds. The van der Waals surface area contributed by atoms with Crippen LogP contribution in [0.2, 0.25) is 0 Å². The van der Waals surface area contributed by atoms with E-state index in [9.17, 15) is 9.18 Å². The Morgan fingerprint density at radius 3 is 2.71 bits per heavy atom. The monoisotopic (exact) mass is 331 g/mol. The summed E-state index contributed by atoms with van der Waals surface area (Å²) in [6, 6.07) is 5.78. The quantitative estimate of drug-likeness (QED) is 0.854. The van der Waals surface area contributed by atoms with E-state index in [1.807, 2.05) is 4.90 Å². The molecule has 0 N–H and O–H groups in total. The van der Waals surface area contributed by atoms with Gasteiger partial charge in [0, 0.05) is 18.5 Å². The summed E-state index contributed by atoms with van der Waals surface area (Å²) in [5.74, 6) is 0.679. The lowest BCUT2D eigenvalue weighted by Crippen LogP contribution is -2.33. The van der Waals surface area contributed by atoms with Gasteiger partial charge in [-0.15, -0.1) is 0 Å². The first kappa shape index (κ1) is 16.6. The van der Waals surface area contributed by atoms with Gasteiger partial charge in [-0.1, -0.05) is 25.9 Å². The first-order valence-corrected chi connectivity index (χ1v) is 8.22. The van der Waals surface area contributed by atoms with Crippen molar-refractivity contribution in [3.05, 3.63) is 36.0 Å².